The van der Waals surface area contributed by atoms with E-state index in [1.165, 1.54) is 37.1 Å². The van der Waals surface area contributed by atoms with Gasteiger partial charge in [0.15, 0.2) is 5.96 Å². The number of likely N-dealkylation sites (tertiary alicyclic amines) is 1. The smallest absolute Gasteiger partial charge is 0.193 e. The number of benzene rings is 2. The fourth-order valence-electron chi connectivity index (χ4n) is 3.21. The summed E-state index contributed by atoms with van der Waals surface area (Å²) < 4.78 is 0. The average molecular weight is 464 g/mol. The molecule has 26 heavy (non-hydrogen) atoms. The van der Waals surface area contributed by atoms with Crippen LogP contribution in [0.5, 0.6) is 0 Å². The lowest BCUT2D eigenvalue weighted by molar-refractivity contribution is 0.185. The first kappa shape index (κ1) is 20.7. The molecule has 0 aliphatic carbocycles. The summed E-state index contributed by atoms with van der Waals surface area (Å²) in [7, 11) is 0. The highest BCUT2D eigenvalue weighted by Crippen LogP contribution is 2.20. The van der Waals surface area contributed by atoms with Gasteiger partial charge < -0.3 is 11.1 Å². The van der Waals surface area contributed by atoms with Crippen LogP contribution in [-0.2, 0) is 13.1 Å². The summed E-state index contributed by atoms with van der Waals surface area (Å²) in [4.78, 5) is 7.07. The van der Waals surface area contributed by atoms with Crippen molar-refractivity contribution in [3.8, 4) is 0 Å². The first-order chi connectivity index (χ1) is 12.2. The summed E-state index contributed by atoms with van der Waals surface area (Å²) in [6.45, 7) is 6.34. The molecule has 4 nitrogen and oxygen atoms in total. The van der Waals surface area contributed by atoms with E-state index in [2.05, 4.69) is 46.4 Å². The molecule has 0 aromatic heterocycles. The summed E-state index contributed by atoms with van der Waals surface area (Å²) in [5.74, 6) is 1.31. The molecule has 3 rings (SSSR count). The second-order valence-electron chi connectivity index (χ2n) is 6.92. The van der Waals surface area contributed by atoms with Gasteiger partial charge in [0.2, 0.25) is 0 Å². The SMILES string of the molecule is CC1CCN(Cc2ccccc2CN=C(N)Nc2ccccc2)CC1.I. The molecule has 5 heteroatoms. The Labute approximate surface area is 173 Å². The molecule has 1 heterocycles. The second-order valence-corrected chi connectivity index (χ2v) is 6.92. The fourth-order valence-corrected chi connectivity index (χ4v) is 3.21. The third-order valence-electron chi connectivity index (χ3n) is 4.85. The number of hydrogen-bond donors (Lipinski definition) is 2. The third-order valence-corrected chi connectivity index (χ3v) is 4.85. The standard InChI is InChI=1S/C21H28N4.HI/c1-17-11-13-25(14-12-17)16-19-8-6-5-7-18(19)15-23-21(22)24-20-9-3-2-4-10-20;/h2-10,17H,11-16H2,1H3,(H3,22,23,24);1H. The number of nitrogens with two attached hydrogens (primary N) is 1. The van der Waals surface area contributed by atoms with E-state index in [9.17, 15) is 0 Å². The van der Waals surface area contributed by atoms with Gasteiger partial charge in [-0.05, 0) is 55.1 Å². The molecule has 140 valence electrons. The number of anilines is 1. The van der Waals surface area contributed by atoms with Crippen molar-refractivity contribution in [2.75, 3.05) is 18.4 Å². The van der Waals surface area contributed by atoms with Crippen molar-refractivity contribution in [1.82, 2.24) is 4.90 Å². The van der Waals surface area contributed by atoms with Gasteiger partial charge in [-0.1, -0.05) is 49.4 Å². The number of nitrogens with zero attached hydrogens (tertiary/aromatic N) is 2. The van der Waals surface area contributed by atoms with Crippen LogP contribution in [0.25, 0.3) is 0 Å². The fraction of sp³-hybridized carbons (Fsp3) is 0.381. The van der Waals surface area contributed by atoms with Crippen LogP contribution in [0.3, 0.4) is 0 Å². The van der Waals surface area contributed by atoms with Crippen LogP contribution in [0.4, 0.5) is 5.69 Å². The highest BCUT2D eigenvalue weighted by molar-refractivity contribution is 14.0. The number of hydrogen-bond acceptors (Lipinski definition) is 2. The first-order valence-electron chi connectivity index (χ1n) is 9.12. The first-order valence-corrected chi connectivity index (χ1v) is 9.12. The predicted molar refractivity (Wildman–Crippen MR) is 121 cm³/mol. The van der Waals surface area contributed by atoms with Crippen LogP contribution in [0.15, 0.2) is 59.6 Å². The largest absolute Gasteiger partial charge is 0.370 e. The summed E-state index contributed by atoms with van der Waals surface area (Å²) in [6, 6.07) is 18.4. The molecular weight excluding hydrogens is 435 g/mol. The second kappa shape index (κ2) is 10.5. The Balaban J connectivity index is 0.00000243. The van der Waals surface area contributed by atoms with Crippen molar-refractivity contribution in [3.63, 3.8) is 0 Å². The minimum absolute atomic E-state index is 0. The normalized spacial score (nSPS) is 16.1. The van der Waals surface area contributed by atoms with Crippen molar-refractivity contribution in [2.45, 2.75) is 32.9 Å². The van der Waals surface area contributed by atoms with Gasteiger partial charge in [-0.2, -0.15) is 0 Å². The summed E-state index contributed by atoms with van der Waals surface area (Å²) in [5, 5.41) is 3.14. The number of piperidine rings is 1. The minimum Gasteiger partial charge on any atom is -0.370 e. The Bertz CT molecular complexity index is 694. The van der Waals surface area contributed by atoms with Crippen molar-refractivity contribution < 1.29 is 0 Å². The lowest BCUT2D eigenvalue weighted by Gasteiger charge is -2.30. The molecule has 3 N–H and O–H groups in total. The Morgan fingerprint density at radius 1 is 1.04 bits per heavy atom. The van der Waals surface area contributed by atoms with E-state index in [4.69, 9.17) is 5.73 Å². The number of halogens is 1. The number of guanidine groups is 1. The van der Waals surface area contributed by atoms with Crippen molar-refractivity contribution in [2.24, 2.45) is 16.6 Å². The monoisotopic (exact) mass is 464 g/mol. The lowest BCUT2D eigenvalue weighted by Crippen LogP contribution is -2.32. The summed E-state index contributed by atoms with van der Waals surface area (Å²) >= 11 is 0. The Morgan fingerprint density at radius 3 is 2.35 bits per heavy atom. The zero-order chi connectivity index (χ0) is 17.5. The molecule has 1 aliphatic heterocycles. The van der Waals surface area contributed by atoms with E-state index in [1.807, 2.05) is 30.3 Å². The van der Waals surface area contributed by atoms with Gasteiger partial charge in [0.25, 0.3) is 0 Å². The van der Waals surface area contributed by atoms with Crippen molar-refractivity contribution >= 4 is 35.6 Å². The van der Waals surface area contributed by atoms with Gasteiger partial charge in [-0.15, -0.1) is 24.0 Å². The van der Waals surface area contributed by atoms with E-state index in [0.717, 1.165) is 18.2 Å². The lowest BCUT2D eigenvalue weighted by atomic mass is 9.98. The molecule has 0 radical (unpaired) electrons. The maximum Gasteiger partial charge on any atom is 0.193 e. The van der Waals surface area contributed by atoms with Gasteiger partial charge in [-0.3, -0.25) is 4.90 Å². The number of aliphatic imine (C=N–C) groups is 1. The molecule has 0 atom stereocenters. The van der Waals surface area contributed by atoms with E-state index in [-0.39, 0.29) is 24.0 Å². The molecule has 2 aromatic carbocycles. The van der Waals surface area contributed by atoms with Crippen LogP contribution in [0.1, 0.15) is 30.9 Å². The quantitative estimate of drug-likeness (QED) is 0.390. The van der Waals surface area contributed by atoms with Crippen LogP contribution in [0.2, 0.25) is 0 Å². The van der Waals surface area contributed by atoms with Crippen molar-refractivity contribution in [3.05, 3.63) is 65.7 Å². The molecule has 0 amide bonds. The number of nitrogens with one attached hydrogen (secondary N) is 1. The molecule has 1 fully saturated rings. The third kappa shape index (κ3) is 6.29. The minimum atomic E-state index is 0. The van der Waals surface area contributed by atoms with Gasteiger partial charge in [0.1, 0.15) is 0 Å². The average Bonchev–Trinajstić information content (AvgIpc) is 2.64. The maximum atomic E-state index is 6.03. The molecular formula is C21H29IN4. The molecule has 0 spiro atoms. The summed E-state index contributed by atoms with van der Waals surface area (Å²) in [6.07, 6.45) is 2.60. The summed E-state index contributed by atoms with van der Waals surface area (Å²) in [5.41, 5.74) is 9.59. The van der Waals surface area contributed by atoms with Crippen molar-refractivity contribution in [1.29, 1.82) is 0 Å². The zero-order valence-electron chi connectivity index (χ0n) is 15.4. The van der Waals surface area contributed by atoms with E-state index >= 15 is 0 Å². The zero-order valence-corrected chi connectivity index (χ0v) is 17.7. The Hall–Kier alpha value is -1.60. The number of para-hydroxylation sites is 1. The van der Waals surface area contributed by atoms with E-state index in [1.54, 1.807) is 0 Å². The van der Waals surface area contributed by atoms with Crippen LogP contribution in [0, 0.1) is 5.92 Å². The van der Waals surface area contributed by atoms with E-state index < -0.39 is 0 Å². The van der Waals surface area contributed by atoms with Gasteiger partial charge in [-0.25, -0.2) is 4.99 Å². The highest BCUT2D eigenvalue weighted by atomic mass is 127. The van der Waals surface area contributed by atoms with Crippen LogP contribution < -0.4 is 11.1 Å². The Kier molecular flexibility index (Phi) is 8.38. The predicted octanol–water partition coefficient (Wildman–Crippen LogP) is 4.46. The van der Waals surface area contributed by atoms with Gasteiger partial charge >= 0.3 is 0 Å². The highest BCUT2D eigenvalue weighted by Gasteiger charge is 2.16. The van der Waals surface area contributed by atoms with Crippen LogP contribution in [-0.4, -0.2) is 23.9 Å². The van der Waals surface area contributed by atoms with Gasteiger partial charge in [0.05, 0.1) is 6.54 Å². The van der Waals surface area contributed by atoms with Crippen LogP contribution >= 0.6 is 24.0 Å². The van der Waals surface area contributed by atoms with Gasteiger partial charge in [0, 0.05) is 12.2 Å². The number of rotatable bonds is 5. The molecule has 0 bridgehead atoms. The molecule has 0 unspecified atom stereocenters. The maximum absolute atomic E-state index is 6.03. The van der Waals surface area contributed by atoms with E-state index in [0.29, 0.717) is 12.5 Å². The molecule has 1 saturated heterocycles. The molecule has 1 aliphatic rings. The topological polar surface area (TPSA) is 53.6 Å². The molecule has 2 aromatic rings. The Morgan fingerprint density at radius 2 is 1.65 bits per heavy atom. The molecule has 0 saturated carbocycles.